The van der Waals surface area contributed by atoms with E-state index in [1.165, 1.54) is 116 Å². The first-order valence-electron chi connectivity index (χ1n) is 15.9. The third-order valence-corrected chi connectivity index (χ3v) is 7.28. The fraction of sp³-hybridized carbons (Fsp3) is 0.906. The van der Waals surface area contributed by atoms with Crippen LogP contribution in [0.25, 0.3) is 0 Å². The molecule has 36 heavy (non-hydrogen) atoms. The number of aliphatic hydroxyl groups excluding tert-OH is 2. The van der Waals surface area contributed by atoms with Crippen LogP contribution in [0.15, 0.2) is 12.2 Å². The Balaban J connectivity index is 3.60. The number of hydrogen-bond acceptors (Lipinski definition) is 3. The Morgan fingerprint density at radius 1 is 0.639 bits per heavy atom. The number of carbonyl (C=O) groups is 1. The molecular weight excluding hydrogens is 446 g/mol. The number of hydrogen-bond donors (Lipinski definition) is 3. The summed E-state index contributed by atoms with van der Waals surface area (Å²) < 4.78 is 0. The van der Waals surface area contributed by atoms with Crippen molar-refractivity contribution in [1.29, 1.82) is 0 Å². The van der Waals surface area contributed by atoms with Gasteiger partial charge in [-0.15, -0.1) is 0 Å². The van der Waals surface area contributed by atoms with Crippen molar-refractivity contribution in [2.45, 2.75) is 180 Å². The summed E-state index contributed by atoms with van der Waals surface area (Å²) in [6, 6.07) is -0.533. The third kappa shape index (κ3) is 24.8. The fourth-order valence-corrected chi connectivity index (χ4v) is 4.76. The minimum Gasteiger partial charge on any atom is -0.394 e. The van der Waals surface area contributed by atoms with Gasteiger partial charge in [-0.25, -0.2) is 0 Å². The molecule has 0 unspecified atom stereocenters. The monoisotopic (exact) mass is 509 g/mol. The highest BCUT2D eigenvalue weighted by Gasteiger charge is 2.19. The summed E-state index contributed by atoms with van der Waals surface area (Å²) in [6.07, 6.45) is 32.5. The molecule has 214 valence electrons. The highest BCUT2D eigenvalue weighted by atomic mass is 16.3. The summed E-state index contributed by atoms with van der Waals surface area (Å²) in [6.45, 7) is 4.31. The zero-order chi connectivity index (χ0) is 26.5. The van der Waals surface area contributed by atoms with Crippen LogP contribution in [0.5, 0.6) is 0 Å². The van der Waals surface area contributed by atoms with Crippen LogP contribution in [0.4, 0.5) is 0 Å². The highest BCUT2D eigenvalue weighted by molar-refractivity contribution is 5.76. The molecular formula is C32H63NO3. The van der Waals surface area contributed by atoms with Gasteiger partial charge >= 0.3 is 0 Å². The van der Waals surface area contributed by atoms with Gasteiger partial charge in [0, 0.05) is 6.42 Å². The molecule has 2 atom stereocenters. The molecule has 0 aromatic carbocycles. The van der Waals surface area contributed by atoms with Gasteiger partial charge in [-0.1, -0.05) is 135 Å². The van der Waals surface area contributed by atoms with Gasteiger partial charge in [0.15, 0.2) is 0 Å². The Labute approximate surface area is 225 Å². The first-order valence-corrected chi connectivity index (χ1v) is 15.9. The summed E-state index contributed by atoms with van der Waals surface area (Å²) in [5.41, 5.74) is 0. The minimum absolute atomic E-state index is 0.0437. The molecule has 0 fully saturated rings. The van der Waals surface area contributed by atoms with Crippen LogP contribution in [0.1, 0.15) is 168 Å². The molecule has 0 aliphatic rings. The molecule has 0 saturated carbocycles. The van der Waals surface area contributed by atoms with Crippen molar-refractivity contribution in [2.24, 2.45) is 0 Å². The smallest absolute Gasteiger partial charge is 0.220 e. The van der Waals surface area contributed by atoms with Crippen LogP contribution in [0.2, 0.25) is 0 Å². The number of allylic oxidation sites excluding steroid dienone is 2. The Morgan fingerprint density at radius 2 is 1.06 bits per heavy atom. The average molecular weight is 510 g/mol. The van der Waals surface area contributed by atoms with Gasteiger partial charge in [0.25, 0.3) is 0 Å². The van der Waals surface area contributed by atoms with Crippen LogP contribution >= 0.6 is 0 Å². The first-order chi connectivity index (χ1) is 17.7. The maximum Gasteiger partial charge on any atom is 0.220 e. The van der Waals surface area contributed by atoms with Crippen molar-refractivity contribution in [3.05, 3.63) is 12.2 Å². The van der Waals surface area contributed by atoms with Crippen molar-refractivity contribution >= 4 is 5.91 Å². The normalized spacial score (nSPS) is 13.3. The zero-order valence-corrected chi connectivity index (χ0v) is 24.3. The van der Waals surface area contributed by atoms with E-state index in [9.17, 15) is 15.0 Å². The lowest BCUT2D eigenvalue weighted by Gasteiger charge is -2.22. The lowest BCUT2D eigenvalue weighted by Crippen LogP contribution is -2.45. The molecule has 0 bridgehead atoms. The summed E-state index contributed by atoms with van der Waals surface area (Å²) in [7, 11) is 0. The van der Waals surface area contributed by atoms with Crippen molar-refractivity contribution in [2.75, 3.05) is 6.61 Å². The van der Waals surface area contributed by atoms with Crippen LogP contribution < -0.4 is 5.32 Å². The predicted molar refractivity (Wildman–Crippen MR) is 156 cm³/mol. The second-order valence-corrected chi connectivity index (χ2v) is 10.9. The Bertz CT molecular complexity index is 480. The highest BCUT2D eigenvalue weighted by Crippen LogP contribution is 2.13. The number of carbonyl (C=O) groups excluding carboxylic acids is 1. The first kappa shape index (κ1) is 35.1. The second kappa shape index (κ2) is 28.7. The molecule has 0 heterocycles. The SMILES string of the molecule is CCCCCCCC/C=C/CCCCCCCC(=O)N[C@@H](CO)[C@H](O)CCCCCCCCCCC. The zero-order valence-electron chi connectivity index (χ0n) is 24.3. The molecule has 1 amide bonds. The maximum absolute atomic E-state index is 12.2. The minimum atomic E-state index is -0.655. The number of rotatable bonds is 28. The summed E-state index contributed by atoms with van der Waals surface area (Å²) >= 11 is 0. The summed E-state index contributed by atoms with van der Waals surface area (Å²) in [5, 5.41) is 22.8. The molecule has 0 spiro atoms. The molecule has 0 aromatic heterocycles. The fourth-order valence-electron chi connectivity index (χ4n) is 4.76. The second-order valence-electron chi connectivity index (χ2n) is 10.9. The lowest BCUT2D eigenvalue weighted by molar-refractivity contribution is -0.123. The number of nitrogens with one attached hydrogen (secondary N) is 1. The van der Waals surface area contributed by atoms with E-state index in [1.54, 1.807) is 0 Å². The molecule has 0 radical (unpaired) electrons. The Hall–Kier alpha value is -0.870. The van der Waals surface area contributed by atoms with Gasteiger partial charge in [-0.3, -0.25) is 4.79 Å². The Morgan fingerprint density at radius 3 is 1.53 bits per heavy atom. The maximum atomic E-state index is 12.2. The molecule has 0 aliphatic heterocycles. The molecule has 0 aliphatic carbocycles. The van der Waals surface area contributed by atoms with Crippen molar-refractivity contribution in [3.63, 3.8) is 0 Å². The van der Waals surface area contributed by atoms with Gasteiger partial charge in [0.05, 0.1) is 18.8 Å². The van der Waals surface area contributed by atoms with E-state index in [1.807, 2.05) is 0 Å². The molecule has 4 nitrogen and oxygen atoms in total. The molecule has 0 aromatic rings. The standard InChI is InChI=1S/C32H63NO3/c1-3-5-7-9-11-13-14-15-16-17-18-20-22-24-26-28-32(36)33-30(29-34)31(35)27-25-23-21-19-12-10-8-6-4-2/h15-16,30-31,34-35H,3-14,17-29H2,1-2H3,(H,33,36)/b16-15+/t30-,31+/m0/s1. The molecule has 3 N–H and O–H groups in total. The van der Waals surface area contributed by atoms with Crippen LogP contribution in [0, 0.1) is 0 Å². The largest absolute Gasteiger partial charge is 0.394 e. The lowest BCUT2D eigenvalue weighted by atomic mass is 10.0. The van der Waals surface area contributed by atoms with E-state index in [0.717, 1.165) is 25.7 Å². The average Bonchev–Trinajstić information content (AvgIpc) is 2.88. The quantitative estimate of drug-likeness (QED) is 0.0729. The van der Waals surface area contributed by atoms with Gasteiger partial charge < -0.3 is 15.5 Å². The number of unbranched alkanes of at least 4 members (excludes halogenated alkanes) is 19. The topological polar surface area (TPSA) is 69.6 Å². The van der Waals surface area contributed by atoms with Gasteiger partial charge in [-0.2, -0.15) is 0 Å². The molecule has 4 heteroatoms. The Kier molecular flexibility index (Phi) is 28.0. The predicted octanol–water partition coefficient (Wildman–Crippen LogP) is 8.78. The van der Waals surface area contributed by atoms with Crippen molar-refractivity contribution in [1.82, 2.24) is 5.32 Å². The van der Waals surface area contributed by atoms with E-state index in [2.05, 4.69) is 31.3 Å². The van der Waals surface area contributed by atoms with Gasteiger partial charge in [0.2, 0.25) is 5.91 Å². The van der Waals surface area contributed by atoms with Gasteiger partial charge in [0.1, 0.15) is 0 Å². The van der Waals surface area contributed by atoms with E-state index < -0.39 is 12.1 Å². The number of amides is 1. The molecule has 0 rings (SSSR count). The van der Waals surface area contributed by atoms with E-state index >= 15 is 0 Å². The number of aliphatic hydroxyl groups is 2. The van der Waals surface area contributed by atoms with Gasteiger partial charge in [-0.05, 0) is 38.5 Å². The van der Waals surface area contributed by atoms with E-state index in [4.69, 9.17) is 0 Å². The van der Waals surface area contributed by atoms with Crippen LogP contribution in [-0.4, -0.2) is 34.9 Å². The van der Waals surface area contributed by atoms with Crippen molar-refractivity contribution in [3.8, 4) is 0 Å². The van der Waals surface area contributed by atoms with E-state index in [-0.39, 0.29) is 12.5 Å². The van der Waals surface area contributed by atoms with E-state index in [0.29, 0.717) is 12.8 Å². The van der Waals surface area contributed by atoms with Crippen molar-refractivity contribution < 1.29 is 15.0 Å². The van der Waals surface area contributed by atoms with Crippen LogP contribution in [0.3, 0.4) is 0 Å². The third-order valence-electron chi connectivity index (χ3n) is 7.28. The summed E-state index contributed by atoms with van der Waals surface area (Å²) in [5.74, 6) is -0.0437. The van der Waals surface area contributed by atoms with Crippen LogP contribution in [-0.2, 0) is 4.79 Å². The summed E-state index contributed by atoms with van der Waals surface area (Å²) in [4.78, 5) is 12.2. The molecule has 0 saturated heterocycles.